The predicted molar refractivity (Wildman–Crippen MR) is 94.6 cm³/mol. The maximum absolute atomic E-state index is 10.1. The zero-order valence-electron chi connectivity index (χ0n) is 14.3. The fourth-order valence-electron chi connectivity index (χ4n) is 2.67. The van der Waals surface area contributed by atoms with Crippen LogP contribution in [0.1, 0.15) is 30.0 Å². The van der Waals surface area contributed by atoms with Crippen molar-refractivity contribution in [2.24, 2.45) is 0 Å². The van der Waals surface area contributed by atoms with Gasteiger partial charge in [-0.15, -0.1) is 0 Å². The highest BCUT2D eigenvalue weighted by molar-refractivity contribution is 5.27. The number of nitrogens with zero attached hydrogens (tertiary/aromatic N) is 1. The van der Waals surface area contributed by atoms with Crippen LogP contribution in [-0.2, 0) is 13.1 Å². The van der Waals surface area contributed by atoms with Gasteiger partial charge in [0, 0.05) is 19.6 Å². The van der Waals surface area contributed by atoms with Crippen molar-refractivity contribution in [2.75, 3.05) is 13.7 Å². The summed E-state index contributed by atoms with van der Waals surface area (Å²) in [7, 11) is 1.68. The van der Waals surface area contributed by atoms with Crippen LogP contribution in [0.15, 0.2) is 48.5 Å². The Bertz CT molecular complexity index is 595. The van der Waals surface area contributed by atoms with Crippen molar-refractivity contribution in [1.29, 1.82) is 0 Å². The van der Waals surface area contributed by atoms with Gasteiger partial charge in [0.25, 0.3) is 0 Å². The molecule has 0 radical (unpaired) electrons. The summed E-state index contributed by atoms with van der Waals surface area (Å²) in [6, 6.07) is 16.7. The van der Waals surface area contributed by atoms with Crippen LogP contribution >= 0.6 is 0 Å². The Balaban J connectivity index is 2.09. The van der Waals surface area contributed by atoms with Gasteiger partial charge < -0.3 is 9.84 Å². The molecular formula is C20H27NO2. The van der Waals surface area contributed by atoms with E-state index in [0.717, 1.165) is 25.3 Å². The van der Waals surface area contributed by atoms with Crippen molar-refractivity contribution in [3.63, 3.8) is 0 Å². The Morgan fingerprint density at radius 2 is 1.74 bits per heavy atom. The Morgan fingerprint density at radius 1 is 1.04 bits per heavy atom. The number of aliphatic hydroxyl groups excluding tert-OH is 1. The molecule has 0 heterocycles. The molecule has 0 aliphatic rings. The lowest BCUT2D eigenvalue weighted by atomic mass is 10.1. The molecule has 0 unspecified atom stereocenters. The largest absolute Gasteiger partial charge is 0.497 e. The van der Waals surface area contributed by atoms with Gasteiger partial charge in [0.2, 0.25) is 0 Å². The highest BCUT2D eigenvalue weighted by atomic mass is 16.5. The van der Waals surface area contributed by atoms with Crippen LogP contribution in [0.2, 0.25) is 0 Å². The van der Waals surface area contributed by atoms with E-state index in [1.165, 1.54) is 16.7 Å². The summed E-state index contributed by atoms with van der Waals surface area (Å²) in [6.45, 7) is 6.46. The SMILES string of the molecule is CC[C@@H](O)CN(Cc1ccc(OC)cc1)Cc1cccc(C)c1. The predicted octanol–water partition coefficient (Wildman–Crippen LogP) is 3.78. The monoisotopic (exact) mass is 313 g/mol. The Morgan fingerprint density at radius 3 is 2.35 bits per heavy atom. The minimum absolute atomic E-state index is 0.293. The molecule has 0 aliphatic heterocycles. The fraction of sp³-hybridized carbons (Fsp3) is 0.400. The molecular weight excluding hydrogens is 286 g/mol. The standard InChI is InChI=1S/C20H27NO2/c1-4-19(22)15-21(14-18-7-5-6-16(2)12-18)13-17-8-10-20(23-3)11-9-17/h5-12,19,22H,4,13-15H2,1-3H3/t19-/m1/s1. The molecule has 124 valence electrons. The first kappa shape index (κ1) is 17.5. The molecule has 0 aromatic heterocycles. The molecule has 0 saturated heterocycles. The van der Waals surface area contributed by atoms with Crippen molar-refractivity contribution in [3.8, 4) is 5.75 Å². The van der Waals surface area contributed by atoms with Crippen LogP contribution in [0.25, 0.3) is 0 Å². The third-order valence-electron chi connectivity index (χ3n) is 3.99. The molecule has 2 rings (SSSR count). The molecule has 1 atom stereocenters. The Labute approximate surface area is 139 Å². The molecule has 3 nitrogen and oxygen atoms in total. The minimum atomic E-state index is -0.293. The summed E-state index contributed by atoms with van der Waals surface area (Å²) in [5, 5.41) is 10.1. The summed E-state index contributed by atoms with van der Waals surface area (Å²) >= 11 is 0. The summed E-state index contributed by atoms with van der Waals surface area (Å²) in [5.41, 5.74) is 3.77. The summed E-state index contributed by atoms with van der Waals surface area (Å²) in [5.74, 6) is 0.868. The van der Waals surface area contributed by atoms with Gasteiger partial charge in [-0.2, -0.15) is 0 Å². The average Bonchev–Trinajstić information content (AvgIpc) is 2.55. The number of ether oxygens (including phenoxy) is 1. The van der Waals surface area contributed by atoms with E-state index >= 15 is 0 Å². The van der Waals surface area contributed by atoms with Crippen LogP contribution in [0.5, 0.6) is 5.75 Å². The second-order valence-corrected chi connectivity index (χ2v) is 6.07. The number of hydrogen-bond donors (Lipinski definition) is 1. The van der Waals surface area contributed by atoms with Crippen LogP contribution in [-0.4, -0.2) is 29.8 Å². The lowest BCUT2D eigenvalue weighted by Gasteiger charge is -2.25. The van der Waals surface area contributed by atoms with Gasteiger partial charge in [-0.1, -0.05) is 48.9 Å². The minimum Gasteiger partial charge on any atom is -0.497 e. The van der Waals surface area contributed by atoms with Crippen LogP contribution in [0, 0.1) is 6.92 Å². The first-order valence-electron chi connectivity index (χ1n) is 8.19. The van der Waals surface area contributed by atoms with Gasteiger partial charge in [0.1, 0.15) is 5.75 Å². The number of benzene rings is 2. The lowest BCUT2D eigenvalue weighted by molar-refractivity contribution is 0.101. The maximum Gasteiger partial charge on any atom is 0.118 e. The van der Waals surface area contributed by atoms with Gasteiger partial charge >= 0.3 is 0 Å². The molecule has 0 bridgehead atoms. The van der Waals surface area contributed by atoms with Crippen molar-refractivity contribution in [2.45, 2.75) is 39.5 Å². The van der Waals surface area contributed by atoms with Crippen molar-refractivity contribution in [1.82, 2.24) is 4.90 Å². The van der Waals surface area contributed by atoms with Gasteiger partial charge in [-0.05, 0) is 36.6 Å². The van der Waals surface area contributed by atoms with Crippen molar-refractivity contribution in [3.05, 3.63) is 65.2 Å². The molecule has 0 saturated carbocycles. The third-order valence-corrected chi connectivity index (χ3v) is 3.99. The van der Waals surface area contributed by atoms with E-state index in [0.29, 0.717) is 6.54 Å². The molecule has 0 aliphatic carbocycles. The lowest BCUT2D eigenvalue weighted by Crippen LogP contribution is -2.31. The normalized spacial score (nSPS) is 12.4. The van der Waals surface area contributed by atoms with E-state index < -0.39 is 0 Å². The van der Waals surface area contributed by atoms with E-state index in [-0.39, 0.29) is 6.10 Å². The number of methoxy groups -OCH3 is 1. The van der Waals surface area contributed by atoms with Crippen molar-refractivity contribution < 1.29 is 9.84 Å². The molecule has 0 spiro atoms. The number of aryl methyl sites for hydroxylation is 1. The van der Waals surface area contributed by atoms with E-state index in [2.05, 4.69) is 48.2 Å². The van der Waals surface area contributed by atoms with Gasteiger partial charge in [-0.3, -0.25) is 4.90 Å². The topological polar surface area (TPSA) is 32.7 Å². The van der Waals surface area contributed by atoms with Gasteiger partial charge in [0.15, 0.2) is 0 Å². The van der Waals surface area contributed by atoms with E-state index in [1.807, 2.05) is 19.1 Å². The van der Waals surface area contributed by atoms with Gasteiger partial charge in [0.05, 0.1) is 13.2 Å². The second-order valence-electron chi connectivity index (χ2n) is 6.07. The van der Waals surface area contributed by atoms with Crippen LogP contribution in [0.4, 0.5) is 0 Å². The highest BCUT2D eigenvalue weighted by Gasteiger charge is 2.12. The molecule has 3 heteroatoms. The maximum atomic E-state index is 10.1. The zero-order valence-corrected chi connectivity index (χ0v) is 14.3. The quantitative estimate of drug-likeness (QED) is 0.805. The molecule has 0 fully saturated rings. The summed E-state index contributed by atoms with van der Waals surface area (Å²) < 4.78 is 5.21. The Kier molecular flexibility index (Phi) is 6.63. The van der Waals surface area contributed by atoms with E-state index in [9.17, 15) is 5.11 Å². The molecule has 2 aromatic carbocycles. The van der Waals surface area contributed by atoms with Crippen LogP contribution < -0.4 is 4.74 Å². The molecule has 0 amide bonds. The first-order valence-corrected chi connectivity index (χ1v) is 8.19. The second kappa shape index (κ2) is 8.70. The fourth-order valence-corrected chi connectivity index (χ4v) is 2.67. The number of hydrogen-bond acceptors (Lipinski definition) is 3. The van der Waals surface area contributed by atoms with Gasteiger partial charge in [-0.25, -0.2) is 0 Å². The summed E-state index contributed by atoms with van der Waals surface area (Å²) in [4.78, 5) is 2.30. The first-order chi connectivity index (χ1) is 11.1. The highest BCUT2D eigenvalue weighted by Crippen LogP contribution is 2.16. The molecule has 2 aromatic rings. The van der Waals surface area contributed by atoms with Crippen molar-refractivity contribution >= 4 is 0 Å². The third kappa shape index (κ3) is 5.70. The van der Waals surface area contributed by atoms with Crippen LogP contribution in [0.3, 0.4) is 0 Å². The molecule has 23 heavy (non-hydrogen) atoms. The van der Waals surface area contributed by atoms with E-state index in [4.69, 9.17) is 4.74 Å². The number of rotatable bonds is 8. The van der Waals surface area contributed by atoms with E-state index in [1.54, 1.807) is 7.11 Å². The smallest absolute Gasteiger partial charge is 0.118 e. The summed E-state index contributed by atoms with van der Waals surface area (Å²) in [6.07, 6.45) is 0.477. The zero-order chi connectivity index (χ0) is 16.7. The number of aliphatic hydroxyl groups is 1. The molecule has 1 N–H and O–H groups in total. The Hall–Kier alpha value is -1.84. The average molecular weight is 313 g/mol.